The molecule has 2 aromatic carbocycles. The van der Waals surface area contributed by atoms with Crippen molar-refractivity contribution < 1.29 is 18.0 Å². The molecule has 0 unspecified atom stereocenters. The zero-order valence-electron chi connectivity index (χ0n) is 19.3. The fourth-order valence-electron chi connectivity index (χ4n) is 4.36. The predicted octanol–water partition coefficient (Wildman–Crippen LogP) is 4.12. The standard InChI is InChI=1S/C26H21ClN4O4S2/c27-13-24(32)31-15-16-4-1-2-6-21(16)22(25(31)26(33)30-18-5-3-9-29-14-18)12-19-10-17-11-20(37(28,34)35)7-8-23(17)36-19/h1-11,14H,12-13,15H2,(H,30,33)(H2,28,34,35). The van der Waals surface area contributed by atoms with Gasteiger partial charge in [-0.1, -0.05) is 24.3 Å². The van der Waals surface area contributed by atoms with Crippen molar-refractivity contribution in [3.63, 3.8) is 0 Å². The van der Waals surface area contributed by atoms with Crippen LogP contribution in [0.4, 0.5) is 5.69 Å². The molecular weight excluding hydrogens is 532 g/mol. The number of fused-ring (bicyclic) bond motifs is 2. The van der Waals surface area contributed by atoms with E-state index in [1.165, 1.54) is 34.6 Å². The first kappa shape index (κ1) is 25.1. The molecule has 0 saturated heterocycles. The van der Waals surface area contributed by atoms with Gasteiger partial charge < -0.3 is 10.2 Å². The summed E-state index contributed by atoms with van der Waals surface area (Å²) in [6.07, 6.45) is 3.46. The molecule has 0 spiro atoms. The van der Waals surface area contributed by atoms with Crippen LogP contribution in [0.3, 0.4) is 0 Å². The summed E-state index contributed by atoms with van der Waals surface area (Å²) in [5, 5.41) is 8.87. The Hall–Kier alpha value is -3.57. The molecule has 37 heavy (non-hydrogen) atoms. The summed E-state index contributed by atoms with van der Waals surface area (Å²) < 4.78 is 24.5. The maximum absolute atomic E-state index is 13.6. The van der Waals surface area contributed by atoms with E-state index in [1.54, 1.807) is 24.4 Å². The topological polar surface area (TPSA) is 122 Å². The van der Waals surface area contributed by atoms with Gasteiger partial charge in [-0.05, 0) is 58.5 Å². The SMILES string of the molecule is NS(=O)(=O)c1ccc2sc(CC3=C(C(=O)Nc4cccnc4)N(C(=O)CCl)Cc4ccccc43)cc2c1. The fourth-order valence-corrected chi connectivity index (χ4v) is 6.11. The number of halogens is 1. The minimum absolute atomic E-state index is 0.0296. The molecule has 1 aliphatic heterocycles. The van der Waals surface area contributed by atoms with Crippen LogP contribution in [0.2, 0.25) is 0 Å². The molecule has 0 aliphatic carbocycles. The molecule has 11 heteroatoms. The van der Waals surface area contributed by atoms with Crippen molar-refractivity contribution in [2.24, 2.45) is 5.14 Å². The second kappa shape index (κ2) is 10.1. The zero-order valence-corrected chi connectivity index (χ0v) is 21.7. The summed E-state index contributed by atoms with van der Waals surface area (Å²) >= 11 is 7.42. The van der Waals surface area contributed by atoms with Gasteiger partial charge >= 0.3 is 0 Å². The number of benzene rings is 2. The number of carbonyl (C=O) groups excluding carboxylic acids is 2. The number of hydrogen-bond donors (Lipinski definition) is 2. The zero-order chi connectivity index (χ0) is 26.2. The molecule has 2 amide bonds. The third kappa shape index (κ3) is 5.14. The van der Waals surface area contributed by atoms with Crippen molar-refractivity contribution in [2.75, 3.05) is 11.2 Å². The Morgan fingerprint density at radius 3 is 2.65 bits per heavy atom. The number of pyridine rings is 1. The lowest BCUT2D eigenvalue weighted by Gasteiger charge is -2.32. The molecular formula is C26H21ClN4O4S2. The van der Waals surface area contributed by atoms with Crippen molar-refractivity contribution in [1.29, 1.82) is 0 Å². The van der Waals surface area contributed by atoms with Crippen LogP contribution in [0.15, 0.2) is 83.6 Å². The van der Waals surface area contributed by atoms with E-state index in [2.05, 4.69) is 10.3 Å². The number of sulfonamides is 1. The molecule has 5 rings (SSSR count). The number of thiophene rings is 1. The summed E-state index contributed by atoms with van der Waals surface area (Å²) in [7, 11) is -3.84. The Bertz CT molecular complexity index is 1670. The van der Waals surface area contributed by atoms with Gasteiger partial charge in [-0.2, -0.15) is 0 Å². The van der Waals surface area contributed by atoms with Crippen LogP contribution in [0.1, 0.15) is 16.0 Å². The Labute approximate surface area is 222 Å². The number of anilines is 1. The van der Waals surface area contributed by atoms with E-state index >= 15 is 0 Å². The number of alkyl halides is 1. The Kier molecular flexibility index (Phi) is 6.82. The first-order chi connectivity index (χ1) is 17.7. The quantitative estimate of drug-likeness (QED) is 0.348. The van der Waals surface area contributed by atoms with Gasteiger partial charge in [0, 0.05) is 22.2 Å². The third-order valence-corrected chi connectivity index (χ3v) is 8.25. The van der Waals surface area contributed by atoms with Gasteiger partial charge in [0.15, 0.2) is 0 Å². The van der Waals surface area contributed by atoms with E-state index in [0.29, 0.717) is 17.7 Å². The molecule has 0 fully saturated rings. The normalized spacial score (nSPS) is 13.5. The minimum atomic E-state index is -3.84. The summed E-state index contributed by atoms with van der Waals surface area (Å²) in [5.74, 6) is -1.12. The fraction of sp³-hybridized carbons (Fsp3) is 0.115. The second-order valence-corrected chi connectivity index (χ2v) is 11.4. The van der Waals surface area contributed by atoms with Crippen LogP contribution in [0.25, 0.3) is 15.7 Å². The first-order valence-corrected chi connectivity index (χ1v) is 14.1. The number of nitrogens with two attached hydrogens (primary N) is 1. The molecule has 4 aromatic rings. The van der Waals surface area contributed by atoms with E-state index in [1.807, 2.05) is 30.3 Å². The van der Waals surface area contributed by atoms with Crippen molar-refractivity contribution in [1.82, 2.24) is 9.88 Å². The molecule has 188 valence electrons. The summed E-state index contributed by atoms with van der Waals surface area (Å²) in [6.45, 7) is 0.213. The lowest BCUT2D eigenvalue weighted by atomic mass is 9.90. The second-order valence-electron chi connectivity index (χ2n) is 8.43. The van der Waals surface area contributed by atoms with Gasteiger partial charge in [0.1, 0.15) is 11.6 Å². The average Bonchev–Trinajstić information content (AvgIpc) is 3.29. The number of nitrogens with zero attached hydrogens (tertiary/aromatic N) is 2. The molecule has 0 saturated carbocycles. The molecule has 2 aromatic heterocycles. The number of aromatic nitrogens is 1. The third-order valence-electron chi connectivity index (χ3n) is 5.99. The Morgan fingerprint density at radius 2 is 1.92 bits per heavy atom. The smallest absolute Gasteiger partial charge is 0.272 e. The van der Waals surface area contributed by atoms with Crippen LogP contribution >= 0.6 is 22.9 Å². The van der Waals surface area contributed by atoms with E-state index in [4.69, 9.17) is 16.7 Å². The highest BCUT2D eigenvalue weighted by Crippen LogP contribution is 2.38. The van der Waals surface area contributed by atoms with Gasteiger partial charge in [-0.3, -0.25) is 14.6 Å². The monoisotopic (exact) mass is 552 g/mol. The molecule has 0 radical (unpaired) electrons. The lowest BCUT2D eigenvalue weighted by Crippen LogP contribution is -2.39. The number of allylic oxidation sites excluding steroid dienone is 1. The first-order valence-electron chi connectivity index (χ1n) is 11.2. The molecule has 8 nitrogen and oxygen atoms in total. The van der Waals surface area contributed by atoms with Crippen molar-refractivity contribution in [3.05, 3.63) is 94.8 Å². The molecule has 1 aliphatic rings. The summed E-state index contributed by atoms with van der Waals surface area (Å²) in [5.41, 5.74) is 3.14. The van der Waals surface area contributed by atoms with Gasteiger partial charge in [-0.15, -0.1) is 22.9 Å². The Balaban J connectivity index is 1.64. The molecule has 3 N–H and O–H groups in total. The maximum atomic E-state index is 13.6. The summed E-state index contributed by atoms with van der Waals surface area (Å²) in [6, 6.07) is 17.6. The van der Waals surface area contributed by atoms with Crippen molar-refractivity contribution in [3.8, 4) is 0 Å². The number of amides is 2. The molecule has 3 heterocycles. The number of carbonyl (C=O) groups is 2. The Morgan fingerprint density at radius 1 is 1.11 bits per heavy atom. The van der Waals surface area contributed by atoms with Crippen molar-refractivity contribution in [2.45, 2.75) is 17.9 Å². The van der Waals surface area contributed by atoms with Gasteiger partial charge in [-0.25, -0.2) is 13.6 Å². The van der Waals surface area contributed by atoms with E-state index in [0.717, 1.165) is 26.1 Å². The van der Waals surface area contributed by atoms with Crippen LogP contribution < -0.4 is 10.5 Å². The molecule has 0 atom stereocenters. The van der Waals surface area contributed by atoms with E-state index in [-0.39, 0.29) is 28.9 Å². The highest BCUT2D eigenvalue weighted by atomic mass is 35.5. The lowest BCUT2D eigenvalue weighted by molar-refractivity contribution is -0.129. The van der Waals surface area contributed by atoms with Gasteiger partial charge in [0.2, 0.25) is 15.9 Å². The van der Waals surface area contributed by atoms with Crippen molar-refractivity contribution >= 4 is 66.1 Å². The average molecular weight is 553 g/mol. The van der Waals surface area contributed by atoms with Crippen LogP contribution in [-0.4, -0.2) is 36.0 Å². The van der Waals surface area contributed by atoms with Gasteiger partial charge in [0.05, 0.1) is 23.3 Å². The van der Waals surface area contributed by atoms with Gasteiger partial charge in [0.25, 0.3) is 5.91 Å². The van der Waals surface area contributed by atoms with E-state index in [9.17, 15) is 18.0 Å². The predicted molar refractivity (Wildman–Crippen MR) is 144 cm³/mol. The van der Waals surface area contributed by atoms with Crippen LogP contribution in [0.5, 0.6) is 0 Å². The maximum Gasteiger partial charge on any atom is 0.272 e. The van der Waals surface area contributed by atoms with Crippen LogP contribution in [0, 0.1) is 0 Å². The minimum Gasteiger partial charge on any atom is -0.319 e. The largest absolute Gasteiger partial charge is 0.319 e. The number of hydrogen-bond acceptors (Lipinski definition) is 6. The summed E-state index contributed by atoms with van der Waals surface area (Å²) in [4.78, 5) is 32.9. The number of primary sulfonamides is 1. The van der Waals surface area contributed by atoms with E-state index < -0.39 is 15.9 Å². The number of rotatable bonds is 6. The van der Waals surface area contributed by atoms with Crippen LogP contribution in [-0.2, 0) is 32.6 Å². The highest BCUT2D eigenvalue weighted by molar-refractivity contribution is 7.89. The highest BCUT2D eigenvalue weighted by Gasteiger charge is 2.33. The number of nitrogens with one attached hydrogen (secondary N) is 1. The molecule has 0 bridgehead atoms.